The van der Waals surface area contributed by atoms with E-state index in [2.05, 4.69) is 16.2 Å². The lowest BCUT2D eigenvalue weighted by Crippen LogP contribution is -2.20. The number of ether oxygens (including phenoxy) is 1. The average Bonchev–Trinajstić information content (AvgIpc) is 2.95. The van der Waals surface area contributed by atoms with E-state index < -0.39 is 6.10 Å². The molecule has 1 aromatic heterocycles. The maximum Gasteiger partial charge on any atom is 0.229 e. The smallest absolute Gasteiger partial charge is 0.229 e. The van der Waals surface area contributed by atoms with Crippen molar-refractivity contribution in [2.75, 3.05) is 6.61 Å². The molecule has 1 aliphatic rings. The van der Waals surface area contributed by atoms with Gasteiger partial charge in [0.25, 0.3) is 0 Å². The van der Waals surface area contributed by atoms with Crippen LogP contribution in [-0.2, 0) is 12.8 Å². The number of hydrogen-bond acceptors (Lipinski definition) is 5. The Kier molecular flexibility index (Phi) is 4.20. The zero-order chi connectivity index (χ0) is 14.7. The van der Waals surface area contributed by atoms with Crippen LogP contribution >= 0.6 is 0 Å². The van der Waals surface area contributed by atoms with Crippen LogP contribution in [0.15, 0.2) is 28.8 Å². The monoisotopic (exact) mass is 288 g/mol. The maximum atomic E-state index is 9.80. The molecule has 112 valence electrons. The molecule has 0 amide bonds. The third-order valence-corrected chi connectivity index (χ3v) is 3.76. The SMILES string of the molecule is CCCC(O)Cc1nc(C2COc3ccccc3C2)no1. The number of rotatable bonds is 5. The van der Waals surface area contributed by atoms with Crippen molar-refractivity contribution in [3.63, 3.8) is 0 Å². The molecule has 0 saturated heterocycles. The van der Waals surface area contributed by atoms with Gasteiger partial charge < -0.3 is 14.4 Å². The molecule has 2 heterocycles. The Balaban J connectivity index is 1.67. The third-order valence-electron chi connectivity index (χ3n) is 3.76. The second-order valence-electron chi connectivity index (χ2n) is 5.51. The van der Waals surface area contributed by atoms with Crippen LogP contribution in [0.3, 0.4) is 0 Å². The molecule has 0 bridgehead atoms. The summed E-state index contributed by atoms with van der Waals surface area (Å²) in [5, 5.41) is 13.8. The summed E-state index contributed by atoms with van der Waals surface area (Å²) < 4.78 is 11.0. The maximum absolute atomic E-state index is 9.80. The molecule has 3 rings (SSSR count). The number of aromatic nitrogens is 2. The predicted molar refractivity (Wildman–Crippen MR) is 77.3 cm³/mol. The zero-order valence-electron chi connectivity index (χ0n) is 12.2. The van der Waals surface area contributed by atoms with E-state index in [1.165, 1.54) is 5.56 Å². The summed E-state index contributed by atoms with van der Waals surface area (Å²) in [5.41, 5.74) is 1.17. The first-order valence-corrected chi connectivity index (χ1v) is 7.47. The van der Waals surface area contributed by atoms with Gasteiger partial charge in [0.05, 0.1) is 25.0 Å². The molecule has 5 nitrogen and oxygen atoms in total. The number of para-hydroxylation sites is 1. The van der Waals surface area contributed by atoms with Crippen molar-refractivity contribution in [1.29, 1.82) is 0 Å². The van der Waals surface area contributed by atoms with E-state index in [0.717, 1.165) is 25.0 Å². The lowest BCUT2D eigenvalue weighted by atomic mass is 9.96. The third kappa shape index (κ3) is 3.24. The van der Waals surface area contributed by atoms with Crippen LogP contribution in [-0.4, -0.2) is 28.0 Å². The molecular formula is C16H20N2O3. The van der Waals surface area contributed by atoms with Crippen LogP contribution in [0, 0.1) is 0 Å². The largest absolute Gasteiger partial charge is 0.493 e. The van der Waals surface area contributed by atoms with E-state index in [-0.39, 0.29) is 5.92 Å². The Bertz CT molecular complexity index is 597. The predicted octanol–water partition coefficient (Wildman–Crippen LogP) is 2.49. The standard InChI is InChI=1S/C16H20N2O3/c1-2-5-13(19)9-15-17-16(18-21-15)12-8-11-6-3-4-7-14(11)20-10-12/h3-4,6-7,12-13,19H,2,5,8-10H2,1H3. The summed E-state index contributed by atoms with van der Waals surface area (Å²) >= 11 is 0. The van der Waals surface area contributed by atoms with Crippen molar-refractivity contribution in [1.82, 2.24) is 10.1 Å². The van der Waals surface area contributed by atoms with Crippen LogP contribution in [0.25, 0.3) is 0 Å². The fourth-order valence-electron chi connectivity index (χ4n) is 2.65. The normalized spacial score (nSPS) is 18.9. The molecule has 5 heteroatoms. The summed E-state index contributed by atoms with van der Waals surface area (Å²) in [5.74, 6) is 2.23. The Morgan fingerprint density at radius 2 is 2.24 bits per heavy atom. The highest BCUT2D eigenvalue weighted by molar-refractivity contribution is 5.36. The van der Waals surface area contributed by atoms with E-state index in [9.17, 15) is 5.11 Å². The van der Waals surface area contributed by atoms with Crippen molar-refractivity contribution >= 4 is 0 Å². The van der Waals surface area contributed by atoms with Gasteiger partial charge in [-0.3, -0.25) is 0 Å². The van der Waals surface area contributed by atoms with Crippen LogP contribution in [0.4, 0.5) is 0 Å². The molecule has 1 aromatic carbocycles. The topological polar surface area (TPSA) is 68.4 Å². The highest BCUT2D eigenvalue weighted by Gasteiger charge is 2.25. The Labute approximate surface area is 123 Å². The number of aliphatic hydroxyl groups is 1. The summed E-state index contributed by atoms with van der Waals surface area (Å²) in [6.45, 7) is 2.60. The van der Waals surface area contributed by atoms with Crippen LogP contribution in [0.5, 0.6) is 5.75 Å². The summed E-state index contributed by atoms with van der Waals surface area (Å²) in [6.07, 6.45) is 2.55. The molecule has 0 radical (unpaired) electrons. The van der Waals surface area contributed by atoms with Gasteiger partial charge in [-0.15, -0.1) is 0 Å². The van der Waals surface area contributed by atoms with E-state index >= 15 is 0 Å². The van der Waals surface area contributed by atoms with Gasteiger partial charge in [0, 0.05) is 0 Å². The van der Waals surface area contributed by atoms with Gasteiger partial charge >= 0.3 is 0 Å². The highest BCUT2D eigenvalue weighted by Crippen LogP contribution is 2.31. The first kappa shape index (κ1) is 14.1. The van der Waals surface area contributed by atoms with Gasteiger partial charge in [0.2, 0.25) is 5.89 Å². The molecule has 2 aromatic rings. The molecule has 2 atom stereocenters. The lowest BCUT2D eigenvalue weighted by molar-refractivity contribution is 0.151. The zero-order valence-corrected chi connectivity index (χ0v) is 12.2. The number of aliphatic hydroxyl groups excluding tert-OH is 1. The number of hydrogen-bond donors (Lipinski definition) is 1. The van der Waals surface area contributed by atoms with E-state index in [1.807, 2.05) is 25.1 Å². The molecule has 1 N–H and O–H groups in total. The first-order chi connectivity index (χ1) is 10.3. The highest BCUT2D eigenvalue weighted by atomic mass is 16.5. The number of nitrogens with zero attached hydrogens (tertiary/aromatic N) is 2. The van der Waals surface area contributed by atoms with Gasteiger partial charge in [0.15, 0.2) is 5.82 Å². The molecular weight excluding hydrogens is 268 g/mol. The minimum atomic E-state index is -0.411. The van der Waals surface area contributed by atoms with Crippen molar-refractivity contribution in [2.24, 2.45) is 0 Å². The Morgan fingerprint density at radius 1 is 1.38 bits per heavy atom. The van der Waals surface area contributed by atoms with Gasteiger partial charge in [-0.05, 0) is 24.5 Å². The summed E-state index contributed by atoms with van der Waals surface area (Å²) in [6, 6.07) is 8.02. The fourth-order valence-corrected chi connectivity index (χ4v) is 2.65. The molecule has 1 aliphatic heterocycles. The van der Waals surface area contributed by atoms with Crippen molar-refractivity contribution in [3.8, 4) is 5.75 Å². The minimum absolute atomic E-state index is 0.112. The van der Waals surface area contributed by atoms with E-state index in [1.54, 1.807) is 0 Å². The van der Waals surface area contributed by atoms with Crippen LogP contribution in [0.2, 0.25) is 0 Å². The Morgan fingerprint density at radius 3 is 3.10 bits per heavy atom. The quantitative estimate of drug-likeness (QED) is 0.915. The molecule has 0 aliphatic carbocycles. The lowest BCUT2D eigenvalue weighted by Gasteiger charge is -2.22. The van der Waals surface area contributed by atoms with E-state index in [4.69, 9.17) is 9.26 Å². The van der Waals surface area contributed by atoms with Crippen molar-refractivity contribution in [2.45, 2.75) is 44.6 Å². The van der Waals surface area contributed by atoms with Gasteiger partial charge in [-0.2, -0.15) is 4.98 Å². The Hall–Kier alpha value is -1.88. The second-order valence-corrected chi connectivity index (χ2v) is 5.51. The van der Waals surface area contributed by atoms with Gasteiger partial charge in [-0.1, -0.05) is 36.7 Å². The number of fused-ring (bicyclic) bond motifs is 1. The summed E-state index contributed by atoms with van der Waals surface area (Å²) in [7, 11) is 0. The van der Waals surface area contributed by atoms with Crippen LogP contribution in [0.1, 0.15) is 43.0 Å². The average molecular weight is 288 g/mol. The fraction of sp³-hybridized carbons (Fsp3) is 0.500. The molecule has 21 heavy (non-hydrogen) atoms. The molecule has 0 fully saturated rings. The minimum Gasteiger partial charge on any atom is -0.493 e. The second kappa shape index (κ2) is 6.26. The first-order valence-electron chi connectivity index (χ1n) is 7.47. The van der Waals surface area contributed by atoms with Crippen LogP contribution < -0.4 is 4.74 Å². The number of benzene rings is 1. The molecule has 2 unspecified atom stereocenters. The molecule has 0 saturated carbocycles. The van der Waals surface area contributed by atoms with Crippen molar-refractivity contribution < 1.29 is 14.4 Å². The molecule has 0 spiro atoms. The summed E-state index contributed by atoms with van der Waals surface area (Å²) in [4.78, 5) is 4.41. The van der Waals surface area contributed by atoms with E-state index in [0.29, 0.717) is 24.7 Å². The van der Waals surface area contributed by atoms with Gasteiger partial charge in [-0.25, -0.2) is 0 Å². The van der Waals surface area contributed by atoms with Gasteiger partial charge in [0.1, 0.15) is 5.75 Å². The van der Waals surface area contributed by atoms with Crippen molar-refractivity contribution in [3.05, 3.63) is 41.5 Å².